The largest absolute Gasteiger partial charge is 0.469 e. The van der Waals surface area contributed by atoms with Crippen LogP contribution in [0.2, 0.25) is 0 Å². The van der Waals surface area contributed by atoms with Gasteiger partial charge in [0.05, 0.1) is 6.26 Å². The SMILES string of the molecule is CC(C)c1cc(CNC2CC2)cc(OCc2ccco2)n1. The third kappa shape index (κ3) is 4.08. The van der Waals surface area contributed by atoms with Gasteiger partial charge in [-0.1, -0.05) is 13.8 Å². The minimum absolute atomic E-state index is 0.386. The van der Waals surface area contributed by atoms with Gasteiger partial charge in [0, 0.05) is 24.3 Å². The van der Waals surface area contributed by atoms with E-state index < -0.39 is 0 Å². The number of nitrogens with zero attached hydrogens (tertiary/aromatic N) is 1. The van der Waals surface area contributed by atoms with Crippen LogP contribution in [0.1, 0.15) is 49.6 Å². The Morgan fingerprint density at radius 1 is 1.38 bits per heavy atom. The molecule has 0 aromatic carbocycles. The highest BCUT2D eigenvalue weighted by Gasteiger charge is 2.20. The molecule has 0 amide bonds. The van der Waals surface area contributed by atoms with Gasteiger partial charge >= 0.3 is 0 Å². The number of rotatable bonds is 7. The summed E-state index contributed by atoms with van der Waals surface area (Å²) in [6, 6.07) is 8.65. The van der Waals surface area contributed by atoms with Crippen molar-refractivity contribution in [2.24, 2.45) is 0 Å². The second-order valence-electron chi connectivity index (χ2n) is 5.92. The Morgan fingerprint density at radius 3 is 2.90 bits per heavy atom. The second-order valence-corrected chi connectivity index (χ2v) is 5.92. The van der Waals surface area contributed by atoms with E-state index in [0.717, 1.165) is 18.0 Å². The van der Waals surface area contributed by atoms with E-state index in [9.17, 15) is 0 Å². The smallest absolute Gasteiger partial charge is 0.214 e. The van der Waals surface area contributed by atoms with Gasteiger partial charge in [0.15, 0.2) is 0 Å². The third-order valence-electron chi connectivity index (χ3n) is 3.59. The van der Waals surface area contributed by atoms with Gasteiger partial charge in [0.2, 0.25) is 5.88 Å². The van der Waals surface area contributed by atoms with E-state index in [-0.39, 0.29) is 0 Å². The summed E-state index contributed by atoms with van der Waals surface area (Å²) in [7, 11) is 0. The molecule has 0 saturated heterocycles. The van der Waals surface area contributed by atoms with Crippen LogP contribution < -0.4 is 10.1 Å². The molecule has 21 heavy (non-hydrogen) atoms. The average molecular weight is 286 g/mol. The molecule has 2 aromatic rings. The third-order valence-corrected chi connectivity index (χ3v) is 3.59. The summed E-state index contributed by atoms with van der Waals surface area (Å²) >= 11 is 0. The molecule has 2 heterocycles. The van der Waals surface area contributed by atoms with Crippen molar-refractivity contribution in [2.45, 2.75) is 51.8 Å². The molecule has 0 aliphatic heterocycles. The van der Waals surface area contributed by atoms with Gasteiger partial charge in [-0.25, -0.2) is 4.98 Å². The lowest BCUT2D eigenvalue weighted by Crippen LogP contribution is -2.16. The molecular weight excluding hydrogens is 264 g/mol. The monoisotopic (exact) mass is 286 g/mol. The lowest BCUT2D eigenvalue weighted by molar-refractivity contribution is 0.259. The number of hydrogen-bond acceptors (Lipinski definition) is 4. The normalized spacial score (nSPS) is 14.6. The Bertz CT molecular complexity index is 574. The highest BCUT2D eigenvalue weighted by atomic mass is 16.5. The fraction of sp³-hybridized carbons (Fsp3) is 0.471. The quantitative estimate of drug-likeness (QED) is 0.844. The van der Waals surface area contributed by atoms with E-state index in [1.165, 1.54) is 18.4 Å². The summed E-state index contributed by atoms with van der Waals surface area (Å²) in [5.74, 6) is 1.87. The maximum atomic E-state index is 5.77. The van der Waals surface area contributed by atoms with Crippen LogP contribution in [0.5, 0.6) is 5.88 Å². The van der Waals surface area contributed by atoms with Gasteiger partial charge in [0.25, 0.3) is 0 Å². The van der Waals surface area contributed by atoms with Crippen LogP contribution in [0.15, 0.2) is 34.9 Å². The zero-order chi connectivity index (χ0) is 14.7. The predicted molar refractivity (Wildman–Crippen MR) is 81.2 cm³/mol. The Hall–Kier alpha value is -1.81. The molecule has 1 aliphatic carbocycles. The van der Waals surface area contributed by atoms with Crippen molar-refractivity contribution in [3.8, 4) is 5.88 Å². The highest BCUT2D eigenvalue weighted by molar-refractivity contribution is 5.27. The van der Waals surface area contributed by atoms with Crippen LogP contribution in [0.4, 0.5) is 0 Å². The average Bonchev–Trinajstić information content (AvgIpc) is 3.16. The van der Waals surface area contributed by atoms with Crippen molar-refractivity contribution in [1.29, 1.82) is 0 Å². The van der Waals surface area contributed by atoms with Crippen molar-refractivity contribution < 1.29 is 9.15 Å². The topological polar surface area (TPSA) is 47.3 Å². The van der Waals surface area contributed by atoms with Gasteiger partial charge in [0.1, 0.15) is 12.4 Å². The number of furan rings is 1. The van der Waals surface area contributed by atoms with Gasteiger partial charge in [-0.3, -0.25) is 0 Å². The summed E-state index contributed by atoms with van der Waals surface area (Å²) in [5.41, 5.74) is 2.30. The van der Waals surface area contributed by atoms with Crippen molar-refractivity contribution in [3.63, 3.8) is 0 Å². The van der Waals surface area contributed by atoms with Gasteiger partial charge in [-0.15, -0.1) is 0 Å². The van der Waals surface area contributed by atoms with Crippen LogP contribution in [0, 0.1) is 0 Å². The Morgan fingerprint density at radius 2 is 2.24 bits per heavy atom. The number of hydrogen-bond donors (Lipinski definition) is 1. The first-order valence-electron chi connectivity index (χ1n) is 7.60. The standard InChI is InChI=1S/C17H22N2O2/c1-12(2)16-8-13(10-18-14-5-6-14)9-17(19-16)21-11-15-4-3-7-20-15/h3-4,7-9,12,14,18H,5-6,10-11H2,1-2H3. The minimum atomic E-state index is 0.386. The Kier molecular flexibility index (Phi) is 4.25. The Labute approximate surface area is 125 Å². The summed E-state index contributed by atoms with van der Waals surface area (Å²) in [4.78, 5) is 4.58. The van der Waals surface area contributed by atoms with Gasteiger partial charge in [-0.2, -0.15) is 0 Å². The molecule has 1 saturated carbocycles. The van der Waals surface area contributed by atoms with E-state index in [1.54, 1.807) is 6.26 Å². The van der Waals surface area contributed by atoms with Crippen molar-refractivity contribution in [3.05, 3.63) is 47.5 Å². The summed E-state index contributed by atoms with van der Waals surface area (Å²) in [6.45, 7) is 5.59. The molecule has 4 heteroatoms. The second kappa shape index (κ2) is 6.31. The van der Waals surface area contributed by atoms with Crippen LogP contribution in [0.3, 0.4) is 0 Å². The van der Waals surface area contributed by atoms with Crippen LogP contribution in [-0.2, 0) is 13.2 Å². The van der Waals surface area contributed by atoms with E-state index in [2.05, 4.69) is 30.2 Å². The van der Waals surface area contributed by atoms with Crippen molar-refractivity contribution in [2.75, 3.05) is 0 Å². The number of aromatic nitrogens is 1. The number of ether oxygens (including phenoxy) is 1. The van der Waals surface area contributed by atoms with Gasteiger partial charge in [-0.05, 0) is 42.5 Å². The lowest BCUT2D eigenvalue weighted by Gasteiger charge is -2.12. The van der Waals surface area contributed by atoms with Crippen LogP contribution in [-0.4, -0.2) is 11.0 Å². The number of nitrogens with one attached hydrogen (secondary N) is 1. The van der Waals surface area contributed by atoms with E-state index in [1.807, 2.05) is 18.2 Å². The predicted octanol–water partition coefficient (Wildman–Crippen LogP) is 3.63. The summed E-state index contributed by atoms with van der Waals surface area (Å²) in [6.07, 6.45) is 4.25. The fourth-order valence-electron chi connectivity index (χ4n) is 2.14. The molecule has 1 N–H and O–H groups in total. The molecule has 112 valence electrons. The molecule has 1 fully saturated rings. The van der Waals surface area contributed by atoms with Crippen molar-refractivity contribution >= 4 is 0 Å². The lowest BCUT2D eigenvalue weighted by atomic mass is 10.1. The first-order chi connectivity index (χ1) is 10.2. The zero-order valence-corrected chi connectivity index (χ0v) is 12.6. The maximum Gasteiger partial charge on any atom is 0.214 e. The van der Waals surface area contributed by atoms with Crippen LogP contribution >= 0.6 is 0 Å². The molecule has 0 atom stereocenters. The fourth-order valence-corrected chi connectivity index (χ4v) is 2.14. The molecule has 0 spiro atoms. The first kappa shape index (κ1) is 14.1. The molecule has 0 unspecified atom stereocenters. The summed E-state index contributed by atoms with van der Waals surface area (Å²) < 4.78 is 11.1. The molecular formula is C17H22N2O2. The molecule has 2 aromatic heterocycles. The molecule has 3 rings (SSSR count). The molecule has 4 nitrogen and oxygen atoms in total. The Balaban J connectivity index is 1.70. The number of pyridine rings is 1. The molecule has 0 bridgehead atoms. The minimum Gasteiger partial charge on any atom is -0.469 e. The van der Waals surface area contributed by atoms with E-state index in [0.29, 0.717) is 24.4 Å². The molecule has 0 radical (unpaired) electrons. The molecule has 1 aliphatic rings. The first-order valence-corrected chi connectivity index (χ1v) is 7.60. The summed E-state index contributed by atoms with van der Waals surface area (Å²) in [5, 5.41) is 3.53. The maximum absolute atomic E-state index is 5.77. The van der Waals surface area contributed by atoms with Crippen LogP contribution in [0.25, 0.3) is 0 Å². The van der Waals surface area contributed by atoms with Crippen molar-refractivity contribution in [1.82, 2.24) is 10.3 Å². The van der Waals surface area contributed by atoms with E-state index >= 15 is 0 Å². The van der Waals surface area contributed by atoms with Gasteiger partial charge < -0.3 is 14.5 Å². The zero-order valence-electron chi connectivity index (χ0n) is 12.6. The van der Waals surface area contributed by atoms with E-state index in [4.69, 9.17) is 9.15 Å². The highest BCUT2D eigenvalue weighted by Crippen LogP contribution is 2.22.